The summed E-state index contributed by atoms with van der Waals surface area (Å²) in [6, 6.07) is 9.94. The molecule has 1 N–H and O–H groups in total. The van der Waals surface area contributed by atoms with Gasteiger partial charge in [0, 0.05) is 22.4 Å². The van der Waals surface area contributed by atoms with Crippen molar-refractivity contribution in [3.05, 3.63) is 67.7 Å². The smallest absolute Gasteiger partial charge is 0.268 e. The summed E-state index contributed by atoms with van der Waals surface area (Å²) in [5.41, 5.74) is 1.79. The van der Waals surface area contributed by atoms with Gasteiger partial charge in [-0.25, -0.2) is 4.68 Å². The normalized spacial score (nSPS) is 12.3. The Morgan fingerprint density at radius 3 is 2.40 bits per heavy atom. The summed E-state index contributed by atoms with van der Waals surface area (Å²) in [7, 11) is 0. The lowest BCUT2D eigenvalue weighted by atomic mass is 10.0. The number of aromatic amines is 1. The maximum absolute atomic E-state index is 12.2. The molecule has 1 heterocycles. The van der Waals surface area contributed by atoms with Crippen molar-refractivity contribution in [2.75, 3.05) is 5.33 Å². The highest BCUT2D eigenvalue weighted by atomic mass is 79.9. The maximum Gasteiger partial charge on any atom is 0.268 e. The van der Waals surface area contributed by atoms with Crippen LogP contribution in [0.3, 0.4) is 0 Å². The molecule has 1 aromatic heterocycles. The zero-order valence-corrected chi connectivity index (χ0v) is 13.1. The molecule has 1 unspecified atom stereocenters. The number of nitrogens with one attached hydrogen (secondary N) is 1. The van der Waals surface area contributed by atoms with Gasteiger partial charge in [0.2, 0.25) is 0 Å². The molecular weight excluding hydrogens is 320 g/mol. The third-order valence-corrected chi connectivity index (χ3v) is 4.35. The van der Waals surface area contributed by atoms with E-state index in [1.807, 2.05) is 30.3 Å². The molecule has 0 spiro atoms. The largest absolute Gasteiger partial charge is 0.268 e. The SMILES string of the molecule is Cc1c(C)c(=O)n(CC(CBr)c2ccccc2)[nH]c1=O. The van der Waals surface area contributed by atoms with Gasteiger partial charge in [-0.2, -0.15) is 0 Å². The molecule has 106 valence electrons. The van der Waals surface area contributed by atoms with Crippen molar-refractivity contribution in [3.8, 4) is 0 Å². The van der Waals surface area contributed by atoms with Gasteiger partial charge >= 0.3 is 0 Å². The fourth-order valence-electron chi connectivity index (χ4n) is 2.11. The molecule has 0 aliphatic heterocycles. The molecule has 2 aromatic rings. The number of hydrogen-bond acceptors (Lipinski definition) is 2. The van der Waals surface area contributed by atoms with Gasteiger partial charge in [-0.3, -0.25) is 14.7 Å². The Kier molecular flexibility index (Phi) is 4.60. The molecule has 0 saturated heterocycles. The van der Waals surface area contributed by atoms with Crippen molar-refractivity contribution in [2.24, 2.45) is 0 Å². The molecule has 5 heteroatoms. The molecule has 0 aliphatic rings. The first-order valence-electron chi connectivity index (χ1n) is 6.45. The summed E-state index contributed by atoms with van der Waals surface area (Å²) < 4.78 is 1.41. The number of benzene rings is 1. The molecule has 0 amide bonds. The van der Waals surface area contributed by atoms with Crippen LogP contribution in [-0.2, 0) is 6.54 Å². The summed E-state index contributed by atoms with van der Waals surface area (Å²) in [4.78, 5) is 24.0. The lowest BCUT2D eigenvalue weighted by Crippen LogP contribution is -2.35. The fourth-order valence-corrected chi connectivity index (χ4v) is 2.69. The van der Waals surface area contributed by atoms with E-state index in [-0.39, 0.29) is 17.0 Å². The highest BCUT2D eigenvalue weighted by molar-refractivity contribution is 9.09. The number of H-pyrrole nitrogens is 1. The Morgan fingerprint density at radius 1 is 1.15 bits per heavy atom. The van der Waals surface area contributed by atoms with Crippen LogP contribution >= 0.6 is 15.9 Å². The van der Waals surface area contributed by atoms with Crippen LogP contribution in [0.25, 0.3) is 0 Å². The number of rotatable bonds is 4. The second kappa shape index (κ2) is 6.22. The first-order chi connectivity index (χ1) is 9.54. The minimum Gasteiger partial charge on any atom is -0.268 e. The lowest BCUT2D eigenvalue weighted by molar-refractivity contribution is 0.512. The van der Waals surface area contributed by atoms with E-state index in [0.717, 1.165) is 10.9 Å². The minimum atomic E-state index is -0.205. The number of alkyl halides is 1. The fraction of sp³-hybridized carbons (Fsp3) is 0.333. The van der Waals surface area contributed by atoms with Crippen LogP contribution in [0.2, 0.25) is 0 Å². The van der Waals surface area contributed by atoms with Crippen LogP contribution < -0.4 is 11.1 Å². The van der Waals surface area contributed by atoms with E-state index in [1.165, 1.54) is 4.68 Å². The third kappa shape index (κ3) is 2.93. The predicted octanol–water partition coefficient (Wildman–Crippen LogP) is 2.33. The summed E-state index contributed by atoms with van der Waals surface area (Å²) in [5.74, 6) is 0.131. The van der Waals surface area contributed by atoms with E-state index >= 15 is 0 Å². The molecule has 0 fully saturated rings. The van der Waals surface area contributed by atoms with Crippen LogP contribution in [0.15, 0.2) is 39.9 Å². The van der Waals surface area contributed by atoms with E-state index < -0.39 is 0 Å². The van der Waals surface area contributed by atoms with Crippen LogP contribution in [0.1, 0.15) is 22.6 Å². The Morgan fingerprint density at radius 2 is 1.80 bits per heavy atom. The first-order valence-corrected chi connectivity index (χ1v) is 7.58. The van der Waals surface area contributed by atoms with Crippen molar-refractivity contribution in [1.29, 1.82) is 0 Å². The molecule has 1 aromatic carbocycles. The molecule has 0 bridgehead atoms. The average molecular weight is 337 g/mol. The van der Waals surface area contributed by atoms with Crippen molar-refractivity contribution < 1.29 is 0 Å². The van der Waals surface area contributed by atoms with Gasteiger partial charge in [-0.15, -0.1) is 0 Å². The number of nitrogens with zero attached hydrogens (tertiary/aromatic N) is 1. The van der Waals surface area contributed by atoms with Crippen LogP contribution in [0.5, 0.6) is 0 Å². The van der Waals surface area contributed by atoms with Crippen molar-refractivity contribution in [3.63, 3.8) is 0 Å². The van der Waals surface area contributed by atoms with Crippen LogP contribution in [0, 0.1) is 13.8 Å². The zero-order chi connectivity index (χ0) is 14.7. The first kappa shape index (κ1) is 14.8. The Hall–Kier alpha value is -1.62. The van der Waals surface area contributed by atoms with Crippen molar-refractivity contribution in [1.82, 2.24) is 9.78 Å². The van der Waals surface area contributed by atoms with Gasteiger partial charge in [0.1, 0.15) is 0 Å². The van der Waals surface area contributed by atoms with Crippen molar-refractivity contribution in [2.45, 2.75) is 26.3 Å². The lowest BCUT2D eigenvalue weighted by Gasteiger charge is -2.16. The van der Waals surface area contributed by atoms with Gasteiger partial charge in [0.15, 0.2) is 0 Å². The molecular formula is C15H17BrN2O2. The van der Waals surface area contributed by atoms with E-state index in [1.54, 1.807) is 13.8 Å². The Labute approximate surface area is 125 Å². The van der Waals surface area contributed by atoms with E-state index in [2.05, 4.69) is 21.0 Å². The number of hydrogen-bond donors (Lipinski definition) is 1. The topological polar surface area (TPSA) is 54.9 Å². The zero-order valence-electron chi connectivity index (χ0n) is 11.5. The molecule has 1 atom stereocenters. The molecule has 0 saturated carbocycles. The van der Waals surface area contributed by atoms with Crippen LogP contribution in [-0.4, -0.2) is 15.1 Å². The summed E-state index contributed by atoms with van der Waals surface area (Å²) >= 11 is 3.48. The van der Waals surface area contributed by atoms with Crippen molar-refractivity contribution >= 4 is 15.9 Å². The quantitative estimate of drug-likeness (QED) is 0.871. The summed E-state index contributed by atoms with van der Waals surface area (Å²) in [6.45, 7) is 3.80. The third-order valence-electron chi connectivity index (χ3n) is 3.57. The number of halogens is 1. The second-order valence-electron chi connectivity index (χ2n) is 4.87. The molecule has 2 rings (SSSR count). The summed E-state index contributed by atoms with van der Waals surface area (Å²) in [6.07, 6.45) is 0. The van der Waals surface area contributed by atoms with Gasteiger partial charge < -0.3 is 0 Å². The highest BCUT2D eigenvalue weighted by Crippen LogP contribution is 2.19. The Bertz CT molecular complexity index is 704. The minimum absolute atomic E-state index is 0.131. The van der Waals surface area contributed by atoms with E-state index in [0.29, 0.717) is 17.7 Å². The Balaban J connectivity index is 2.39. The van der Waals surface area contributed by atoms with Crippen LogP contribution in [0.4, 0.5) is 0 Å². The average Bonchev–Trinajstić information content (AvgIpc) is 2.48. The standard InChI is InChI=1S/C15H17BrN2O2/c1-10-11(2)15(20)18(17-14(10)19)9-13(8-16)12-6-4-3-5-7-12/h3-7,13H,8-9H2,1-2H3,(H,17,19). The predicted molar refractivity (Wildman–Crippen MR) is 83.8 cm³/mol. The summed E-state index contributed by atoms with van der Waals surface area (Å²) in [5, 5.41) is 3.37. The van der Waals surface area contributed by atoms with Gasteiger partial charge in [-0.1, -0.05) is 46.3 Å². The molecule has 20 heavy (non-hydrogen) atoms. The number of aromatic nitrogens is 2. The van der Waals surface area contributed by atoms with Gasteiger partial charge in [-0.05, 0) is 19.4 Å². The highest BCUT2D eigenvalue weighted by Gasteiger charge is 2.14. The molecule has 0 aliphatic carbocycles. The monoisotopic (exact) mass is 336 g/mol. The van der Waals surface area contributed by atoms with Gasteiger partial charge in [0.05, 0.1) is 6.54 Å². The van der Waals surface area contributed by atoms with Gasteiger partial charge in [0.25, 0.3) is 11.1 Å². The second-order valence-corrected chi connectivity index (χ2v) is 5.52. The van der Waals surface area contributed by atoms with E-state index in [9.17, 15) is 9.59 Å². The maximum atomic E-state index is 12.2. The van der Waals surface area contributed by atoms with E-state index in [4.69, 9.17) is 0 Å². The molecule has 4 nitrogen and oxygen atoms in total. The molecule has 0 radical (unpaired) electrons.